The van der Waals surface area contributed by atoms with Crippen LogP contribution in [0.25, 0.3) is 0 Å². The van der Waals surface area contributed by atoms with Crippen molar-refractivity contribution < 1.29 is 26.9 Å². The zero-order chi connectivity index (χ0) is 25.4. The zero-order valence-electron chi connectivity index (χ0n) is 17.5. The van der Waals surface area contributed by atoms with Crippen LogP contribution in [-0.4, -0.2) is 47.2 Å². The number of aryl methyl sites for hydroxylation is 1. The van der Waals surface area contributed by atoms with E-state index >= 15 is 0 Å². The highest BCUT2D eigenvalue weighted by atomic mass is 35.6. The van der Waals surface area contributed by atoms with E-state index in [4.69, 9.17) is 83.3 Å². The molecule has 1 aromatic rings. The highest BCUT2D eigenvalue weighted by Gasteiger charge is 2.27. The minimum atomic E-state index is -4.02. The first-order valence-electron chi connectivity index (χ1n) is 9.25. The lowest BCUT2D eigenvalue weighted by atomic mass is 10.1. The van der Waals surface area contributed by atoms with Gasteiger partial charge in [-0.3, -0.25) is 8.98 Å². The molecule has 0 heterocycles. The van der Waals surface area contributed by atoms with E-state index in [0.29, 0.717) is 5.57 Å². The van der Waals surface area contributed by atoms with Crippen LogP contribution in [0.4, 0.5) is 0 Å². The average molecular weight is 623 g/mol. The average Bonchev–Trinajstić information content (AvgIpc) is 2.66. The topological polar surface area (TPSA) is 78.9 Å². The normalized spacial score (nSPS) is 13.9. The third-order valence-corrected chi connectivity index (χ3v) is 6.21. The summed E-state index contributed by atoms with van der Waals surface area (Å²) < 4.78 is 37.3. The van der Waals surface area contributed by atoms with Crippen LogP contribution in [-0.2, 0) is 28.6 Å². The maximum absolute atomic E-state index is 12.4. The standard InChI is InChI=1S/C19H22Cl6O6S2/c1-12-3-5-14(6-4-12)33(27,28)31-9-13(2)15(17(26)32)7-8-16(29-10-18(20,21)22)30-11-19(23,24)25/h3-6,16H,7-11H2,1-2H3,(H,26,32)/b15-13+. The summed E-state index contributed by atoms with van der Waals surface area (Å²) in [6, 6.07) is 6.16. The lowest BCUT2D eigenvalue weighted by molar-refractivity contribution is -0.143. The molecular formula is C19H22Cl6O6S2. The lowest BCUT2D eigenvalue weighted by Gasteiger charge is -2.23. The third-order valence-electron chi connectivity index (χ3n) is 4.01. The fourth-order valence-corrected chi connectivity index (χ4v) is 4.00. The summed E-state index contributed by atoms with van der Waals surface area (Å²) in [5, 5.41) is -0.578. The highest BCUT2D eigenvalue weighted by Crippen LogP contribution is 2.30. The van der Waals surface area contributed by atoms with E-state index in [0.717, 1.165) is 5.56 Å². The molecule has 0 aromatic heterocycles. The molecule has 0 saturated carbocycles. The SMILES string of the molecule is C/C(COS(=O)(=O)c1ccc(C)cc1)=C(/CCC(OCC(Cl)(Cl)Cl)OCC(Cl)(Cl)Cl)C(=O)S. The van der Waals surface area contributed by atoms with Crippen molar-refractivity contribution in [2.45, 2.75) is 45.5 Å². The number of halogens is 6. The summed E-state index contributed by atoms with van der Waals surface area (Å²) in [5.41, 5.74) is 1.46. The van der Waals surface area contributed by atoms with Crippen molar-refractivity contribution in [1.29, 1.82) is 0 Å². The fraction of sp³-hybridized carbons (Fsp3) is 0.526. The summed E-state index contributed by atoms with van der Waals surface area (Å²) in [6.45, 7) is 2.37. The molecular weight excluding hydrogens is 601 g/mol. The molecule has 0 amide bonds. The number of carbonyl (C=O) groups excluding carboxylic acids is 1. The van der Waals surface area contributed by atoms with E-state index in [1.165, 1.54) is 12.1 Å². The van der Waals surface area contributed by atoms with E-state index in [-0.39, 0.29) is 43.1 Å². The molecule has 0 radical (unpaired) electrons. The molecule has 0 saturated heterocycles. The van der Waals surface area contributed by atoms with Gasteiger partial charge in [-0.15, -0.1) is 12.6 Å². The van der Waals surface area contributed by atoms with Crippen LogP contribution in [0.2, 0.25) is 0 Å². The molecule has 14 heteroatoms. The molecule has 0 spiro atoms. The summed E-state index contributed by atoms with van der Waals surface area (Å²) in [6.07, 6.45) is -0.832. The molecule has 0 aliphatic carbocycles. The summed E-state index contributed by atoms with van der Waals surface area (Å²) in [5.74, 6) is 0. The van der Waals surface area contributed by atoms with E-state index < -0.39 is 29.1 Å². The van der Waals surface area contributed by atoms with Gasteiger partial charge >= 0.3 is 0 Å². The first-order chi connectivity index (χ1) is 15.0. The van der Waals surface area contributed by atoms with Gasteiger partial charge in [0.05, 0.1) is 24.7 Å². The van der Waals surface area contributed by atoms with Crippen molar-refractivity contribution >= 4 is 97.5 Å². The molecule has 188 valence electrons. The molecule has 33 heavy (non-hydrogen) atoms. The largest absolute Gasteiger partial charge is 0.348 e. The van der Waals surface area contributed by atoms with Crippen molar-refractivity contribution in [3.63, 3.8) is 0 Å². The van der Waals surface area contributed by atoms with Gasteiger partial charge in [0.2, 0.25) is 12.7 Å². The molecule has 0 unspecified atom stereocenters. The summed E-state index contributed by atoms with van der Waals surface area (Å²) >= 11 is 38.0. The Balaban J connectivity index is 2.89. The van der Waals surface area contributed by atoms with Gasteiger partial charge in [-0.1, -0.05) is 87.3 Å². The Hall–Kier alpha value is 0.550. The van der Waals surface area contributed by atoms with Gasteiger partial charge in [-0.25, -0.2) is 0 Å². The Labute approximate surface area is 229 Å². The van der Waals surface area contributed by atoms with E-state index in [9.17, 15) is 13.2 Å². The molecule has 0 fully saturated rings. The smallest absolute Gasteiger partial charge is 0.297 e. The van der Waals surface area contributed by atoms with Gasteiger partial charge in [-0.05, 0) is 38.0 Å². The van der Waals surface area contributed by atoms with Gasteiger partial charge in [0.15, 0.2) is 6.29 Å². The van der Waals surface area contributed by atoms with Gasteiger partial charge in [0.25, 0.3) is 10.1 Å². The van der Waals surface area contributed by atoms with Crippen LogP contribution in [0.5, 0.6) is 0 Å². The van der Waals surface area contributed by atoms with Crippen LogP contribution in [0.1, 0.15) is 25.3 Å². The molecule has 0 atom stereocenters. The number of hydrogen-bond donors (Lipinski definition) is 1. The summed E-state index contributed by atoms with van der Waals surface area (Å²) in [4.78, 5) is 12.1. The van der Waals surface area contributed by atoms with Gasteiger partial charge in [0.1, 0.15) is 0 Å². The second-order valence-electron chi connectivity index (χ2n) is 6.91. The van der Waals surface area contributed by atoms with Crippen molar-refractivity contribution in [3.8, 4) is 0 Å². The number of hydrogen-bond acceptors (Lipinski definition) is 6. The minimum absolute atomic E-state index is 0.0000668. The predicted molar refractivity (Wildman–Crippen MR) is 137 cm³/mol. The van der Waals surface area contributed by atoms with E-state index in [2.05, 4.69) is 12.6 Å². The number of rotatable bonds is 12. The number of ether oxygens (including phenoxy) is 2. The van der Waals surface area contributed by atoms with E-state index in [1.54, 1.807) is 19.1 Å². The van der Waals surface area contributed by atoms with E-state index in [1.807, 2.05) is 6.92 Å². The maximum Gasteiger partial charge on any atom is 0.297 e. The molecule has 0 bridgehead atoms. The first-order valence-corrected chi connectivity index (χ1v) is 13.4. The fourth-order valence-electron chi connectivity index (χ4n) is 2.38. The van der Waals surface area contributed by atoms with Crippen molar-refractivity contribution in [2.75, 3.05) is 19.8 Å². The molecule has 0 aliphatic rings. The molecule has 1 aromatic carbocycles. The van der Waals surface area contributed by atoms with Gasteiger partial charge in [-0.2, -0.15) is 8.42 Å². The number of carbonyl (C=O) groups is 1. The number of thiol groups is 1. The van der Waals surface area contributed by atoms with Crippen molar-refractivity contribution in [2.24, 2.45) is 0 Å². The molecule has 0 N–H and O–H groups in total. The van der Waals surface area contributed by atoms with Crippen LogP contribution in [0.15, 0.2) is 40.3 Å². The Morgan fingerprint density at radius 1 is 1.00 bits per heavy atom. The second-order valence-corrected chi connectivity index (χ2v) is 14.0. The number of benzene rings is 1. The predicted octanol–water partition coefficient (Wildman–Crippen LogP) is 6.35. The zero-order valence-corrected chi connectivity index (χ0v) is 23.7. The monoisotopic (exact) mass is 620 g/mol. The molecule has 1 rings (SSSR count). The second kappa shape index (κ2) is 13.7. The minimum Gasteiger partial charge on any atom is -0.348 e. The quantitative estimate of drug-likeness (QED) is 0.0962. The van der Waals surface area contributed by atoms with Crippen LogP contribution in [0, 0.1) is 6.92 Å². The summed E-state index contributed by atoms with van der Waals surface area (Å²) in [7, 11) is -4.02. The first kappa shape index (κ1) is 31.6. The molecule has 6 nitrogen and oxygen atoms in total. The van der Waals surface area contributed by atoms with Gasteiger partial charge < -0.3 is 9.47 Å². The number of alkyl halides is 6. The highest BCUT2D eigenvalue weighted by molar-refractivity contribution is 7.97. The van der Waals surface area contributed by atoms with Crippen molar-refractivity contribution in [1.82, 2.24) is 0 Å². The molecule has 0 aliphatic heterocycles. The van der Waals surface area contributed by atoms with Crippen LogP contribution in [0.3, 0.4) is 0 Å². The maximum atomic E-state index is 12.4. The van der Waals surface area contributed by atoms with Crippen LogP contribution < -0.4 is 0 Å². The third kappa shape index (κ3) is 13.4. The van der Waals surface area contributed by atoms with Gasteiger partial charge in [0, 0.05) is 12.0 Å². The van der Waals surface area contributed by atoms with Crippen molar-refractivity contribution in [3.05, 3.63) is 41.0 Å². The Morgan fingerprint density at radius 2 is 1.48 bits per heavy atom. The Morgan fingerprint density at radius 3 is 1.91 bits per heavy atom. The Kier molecular flexibility index (Phi) is 13.2. The Bertz CT molecular complexity index is 906. The lowest BCUT2D eigenvalue weighted by Crippen LogP contribution is -2.27. The van der Waals surface area contributed by atoms with Crippen LogP contribution >= 0.6 is 82.2 Å².